The molecule has 9 heteroatoms. The maximum atomic E-state index is 13.6. The number of aryl methyl sites for hydroxylation is 2. The molecule has 0 bridgehead atoms. The van der Waals surface area contributed by atoms with E-state index in [2.05, 4.69) is 0 Å². The summed E-state index contributed by atoms with van der Waals surface area (Å²) in [6.45, 7) is 5.02. The van der Waals surface area contributed by atoms with Crippen LogP contribution in [0.4, 0.5) is 0 Å². The Labute approximate surface area is 220 Å². The van der Waals surface area contributed by atoms with Crippen LogP contribution in [0.25, 0.3) is 0 Å². The summed E-state index contributed by atoms with van der Waals surface area (Å²) in [5, 5.41) is 11.0. The highest BCUT2D eigenvalue weighted by atomic mass is 32.2. The predicted molar refractivity (Wildman–Crippen MR) is 141 cm³/mol. The first kappa shape index (κ1) is 27.6. The van der Waals surface area contributed by atoms with Gasteiger partial charge in [-0.05, 0) is 68.4 Å². The van der Waals surface area contributed by atoms with Gasteiger partial charge in [-0.25, -0.2) is 8.42 Å². The summed E-state index contributed by atoms with van der Waals surface area (Å²) in [5.74, 6) is 0.501. The number of nitrogens with zero attached hydrogens (tertiary/aromatic N) is 2. The fourth-order valence-electron chi connectivity index (χ4n) is 5.54. The van der Waals surface area contributed by atoms with E-state index in [9.17, 15) is 18.3 Å². The molecule has 2 aromatic rings. The Balaban J connectivity index is 1.30. The number of sulfonamides is 1. The molecule has 2 aliphatic rings. The molecule has 1 N–H and O–H groups in total. The summed E-state index contributed by atoms with van der Waals surface area (Å²) in [6, 6.07) is 13.1. The summed E-state index contributed by atoms with van der Waals surface area (Å²) in [7, 11) is -2.15. The van der Waals surface area contributed by atoms with E-state index in [1.807, 2.05) is 30.3 Å². The number of aliphatic hydroxyl groups is 1. The second-order valence-electron chi connectivity index (χ2n) is 10.3. The molecule has 0 aromatic heterocycles. The summed E-state index contributed by atoms with van der Waals surface area (Å²) >= 11 is 0. The number of rotatable bonds is 9. The molecule has 8 nitrogen and oxygen atoms in total. The lowest BCUT2D eigenvalue weighted by atomic mass is 9.85. The Morgan fingerprint density at radius 2 is 1.73 bits per heavy atom. The van der Waals surface area contributed by atoms with Crippen molar-refractivity contribution in [2.45, 2.75) is 62.5 Å². The zero-order chi connectivity index (χ0) is 26.6. The Morgan fingerprint density at radius 1 is 1.08 bits per heavy atom. The number of hydrogen-bond acceptors (Lipinski definition) is 6. The summed E-state index contributed by atoms with van der Waals surface area (Å²) < 4.78 is 39.7. The SMILES string of the molecule is COc1cc(C)c(S(=O)(=O)N2CCCC2COCC(=O)N2CCC(O)(Cc3ccccc3)CC2)c(C)c1. The third kappa shape index (κ3) is 6.34. The Kier molecular flexibility index (Phi) is 8.58. The number of benzene rings is 2. The van der Waals surface area contributed by atoms with Crippen molar-refractivity contribution in [1.29, 1.82) is 0 Å². The van der Waals surface area contributed by atoms with E-state index in [1.165, 1.54) is 4.31 Å². The smallest absolute Gasteiger partial charge is 0.248 e. The number of methoxy groups -OCH3 is 1. The van der Waals surface area contributed by atoms with Crippen molar-refractivity contribution in [2.24, 2.45) is 0 Å². The lowest BCUT2D eigenvalue weighted by molar-refractivity contribution is -0.140. The van der Waals surface area contributed by atoms with Crippen molar-refractivity contribution in [3.8, 4) is 5.75 Å². The second-order valence-corrected chi connectivity index (χ2v) is 12.1. The van der Waals surface area contributed by atoms with Crippen LogP contribution in [-0.2, 0) is 26.0 Å². The van der Waals surface area contributed by atoms with Crippen molar-refractivity contribution < 1.29 is 27.8 Å². The lowest BCUT2D eigenvalue weighted by Crippen LogP contribution is -2.49. The lowest BCUT2D eigenvalue weighted by Gasteiger charge is -2.38. The molecule has 2 fully saturated rings. The summed E-state index contributed by atoms with van der Waals surface area (Å²) in [4.78, 5) is 14.8. The standard InChI is InChI=1S/C28H38N2O6S/c1-21-16-25(35-3)17-22(2)27(21)37(33,34)30-13-7-10-24(30)19-36-20-26(31)29-14-11-28(32,12-15-29)18-23-8-5-4-6-9-23/h4-6,8-9,16-17,24,32H,7,10-15,18-20H2,1-3H3. The van der Waals surface area contributed by atoms with Crippen LogP contribution in [0.5, 0.6) is 5.75 Å². The van der Waals surface area contributed by atoms with Gasteiger partial charge in [0.25, 0.3) is 0 Å². The quantitative estimate of drug-likeness (QED) is 0.535. The Bertz CT molecular complexity index is 1170. The molecular formula is C28H38N2O6S. The van der Waals surface area contributed by atoms with Gasteiger partial charge in [0.15, 0.2) is 0 Å². The number of likely N-dealkylation sites (tertiary alicyclic amines) is 1. The van der Waals surface area contributed by atoms with Crippen molar-refractivity contribution in [3.63, 3.8) is 0 Å². The minimum absolute atomic E-state index is 0.0951. The molecule has 2 aromatic carbocycles. The molecule has 37 heavy (non-hydrogen) atoms. The fraction of sp³-hybridized carbons (Fsp3) is 0.536. The van der Waals surface area contributed by atoms with Crippen molar-refractivity contribution in [2.75, 3.05) is 40.0 Å². The van der Waals surface area contributed by atoms with Crippen LogP contribution < -0.4 is 4.74 Å². The first-order chi connectivity index (χ1) is 17.6. The number of carbonyl (C=O) groups excluding carboxylic acids is 1. The summed E-state index contributed by atoms with van der Waals surface area (Å²) in [6.07, 6.45) is 3.05. The number of carbonyl (C=O) groups is 1. The molecule has 1 unspecified atom stereocenters. The van der Waals surface area contributed by atoms with Crippen molar-refractivity contribution in [1.82, 2.24) is 9.21 Å². The van der Waals surface area contributed by atoms with E-state index >= 15 is 0 Å². The number of piperidine rings is 1. The minimum Gasteiger partial charge on any atom is -0.497 e. The van der Waals surface area contributed by atoms with Gasteiger partial charge in [0.05, 0.1) is 24.2 Å². The molecule has 1 atom stereocenters. The highest BCUT2D eigenvalue weighted by molar-refractivity contribution is 7.89. The molecule has 2 aliphatic heterocycles. The van der Waals surface area contributed by atoms with Crippen LogP contribution in [0, 0.1) is 13.8 Å². The second kappa shape index (κ2) is 11.5. The minimum atomic E-state index is -3.71. The molecule has 0 spiro atoms. The zero-order valence-corrected chi connectivity index (χ0v) is 22.8. The third-order valence-corrected chi connectivity index (χ3v) is 9.78. The molecule has 4 rings (SSSR count). The molecule has 202 valence electrons. The van der Waals surface area contributed by atoms with Gasteiger partial charge < -0.3 is 19.5 Å². The Morgan fingerprint density at radius 3 is 2.35 bits per heavy atom. The van der Waals surface area contributed by atoms with Gasteiger partial charge in [-0.1, -0.05) is 30.3 Å². The average Bonchev–Trinajstić information content (AvgIpc) is 3.34. The van der Waals surface area contributed by atoms with Crippen molar-refractivity contribution in [3.05, 3.63) is 59.2 Å². The molecule has 0 aliphatic carbocycles. The molecule has 0 saturated carbocycles. The van der Waals surface area contributed by atoms with E-state index in [0.717, 1.165) is 12.0 Å². The highest BCUT2D eigenvalue weighted by Gasteiger charge is 2.38. The number of amides is 1. The third-order valence-electron chi connectivity index (χ3n) is 7.52. The first-order valence-corrected chi connectivity index (χ1v) is 14.4. The summed E-state index contributed by atoms with van der Waals surface area (Å²) in [5.41, 5.74) is 1.58. The maximum absolute atomic E-state index is 13.6. The Hall–Kier alpha value is -2.46. The van der Waals surface area contributed by atoms with Crippen LogP contribution in [0.2, 0.25) is 0 Å². The van der Waals surface area contributed by atoms with Gasteiger partial charge in [0, 0.05) is 32.1 Å². The average molecular weight is 531 g/mol. The van der Waals surface area contributed by atoms with E-state index in [4.69, 9.17) is 9.47 Å². The van der Waals surface area contributed by atoms with Gasteiger partial charge >= 0.3 is 0 Å². The zero-order valence-electron chi connectivity index (χ0n) is 22.0. The van der Waals surface area contributed by atoms with Gasteiger partial charge in [0.2, 0.25) is 15.9 Å². The molecular weight excluding hydrogens is 492 g/mol. The monoisotopic (exact) mass is 530 g/mol. The van der Waals surface area contributed by atoms with Crippen LogP contribution in [0.15, 0.2) is 47.4 Å². The van der Waals surface area contributed by atoms with Crippen LogP contribution in [-0.4, -0.2) is 80.2 Å². The fourth-order valence-corrected chi connectivity index (χ4v) is 7.64. The molecule has 1 amide bonds. The number of ether oxygens (including phenoxy) is 2. The molecule has 2 heterocycles. The van der Waals surface area contributed by atoms with Crippen LogP contribution in [0.1, 0.15) is 42.4 Å². The van der Waals surface area contributed by atoms with Crippen LogP contribution >= 0.6 is 0 Å². The molecule has 2 saturated heterocycles. The van der Waals surface area contributed by atoms with E-state index < -0.39 is 15.6 Å². The van der Waals surface area contributed by atoms with Gasteiger partial charge in [-0.3, -0.25) is 4.79 Å². The normalized spacial score (nSPS) is 20.2. The van der Waals surface area contributed by atoms with Crippen LogP contribution in [0.3, 0.4) is 0 Å². The largest absolute Gasteiger partial charge is 0.497 e. The van der Waals surface area contributed by atoms with E-state index in [0.29, 0.717) is 67.1 Å². The topological polar surface area (TPSA) is 96.4 Å². The first-order valence-electron chi connectivity index (χ1n) is 12.9. The van der Waals surface area contributed by atoms with E-state index in [-0.39, 0.29) is 25.2 Å². The van der Waals surface area contributed by atoms with E-state index in [1.54, 1.807) is 38.0 Å². The predicted octanol–water partition coefficient (Wildman–Crippen LogP) is 3.08. The molecule has 0 radical (unpaired) electrons. The van der Waals surface area contributed by atoms with Gasteiger partial charge in [-0.2, -0.15) is 4.31 Å². The highest BCUT2D eigenvalue weighted by Crippen LogP contribution is 2.32. The van der Waals surface area contributed by atoms with Gasteiger partial charge in [0.1, 0.15) is 12.4 Å². The maximum Gasteiger partial charge on any atom is 0.248 e. The van der Waals surface area contributed by atoms with Crippen molar-refractivity contribution >= 4 is 15.9 Å². The number of hydrogen-bond donors (Lipinski definition) is 1. The van der Waals surface area contributed by atoms with Gasteiger partial charge in [-0.15, -0.1) is 0 Å².